The lowest BCUT2D eigenvalue weighted by Crippen LogP contribution is -2.38. The van der Waals surface area contributed by atoms with Crippen LogP contribution in [0.3, 0.4) is 0 Å². The Hall–Kier alpha value is -3.43. The molecule has 3 N–H and O–H groups in total. The highest BCUT2D eigenvalue weighted by atomic mass is 31.2. The Labute approximate surface area is 199 Å². The van der Waals surface area contributed by atoms with E-state index in [0.717, 1.165) is 23.3 Å². The summed E-state index contributed by atoms with van der Waals surface area (Å²) >= 11 is 0. The number of aromatic nitrogens is 2. The number of hydrogen-bond acceptors (Lipinski definition) is 6. The highest BCUT2D eigenvalue weighted by Gasteiger charge is 2.18. The lowest BCUT2D eigenvalue weighted by molar-refractivity contribution is -0.712. The van der Waals surface area contributed by atoms with Gasteiger partial charge < -0.3 is 14.3 Å². The molecule has 0 bridgehead atoms. The summed E-state index contributed by atoms with van der Waals surface area (Å²) in [4.78, 5) is 19.6. The van der Waals surface area contributed by atoms with Crippen LogP contribution in [0.1, 0.15) is 22.4 Å². The van der Waals surface area contributed by atoms with E-state index in [9.17, 15) is 18.2 Å². The van der Waals surface area contributed by atoms with Crippen LogP contribution >= 0.6 is 7.82 Å². The Balaban J connectivity index is 1.40. The fraction of sp³-hybridized carbons (Fsp3) is 0.167. The van der Waals surface area contributed by atoms with E-state index in [2.05, 4.69) is 9.68 Å². The van der Waals surface area contributed by atoms with Gasteiger partial charge >= 0.3 is 0 Å². The van der Waals surface area contributed by atoms with Crippen molar-refractivity contribution in [3.05, 3.63) is 101 Å². The second-order valence-corrected chi connectivity index (χ2v) is 9.11. The first-order valence-corrected chi connectivity index (χ1v) is 12.1. The van der Waals surface area contributed by atoms with Gasteiger partial charge in [-0.15, -0.1) is 0 Å². The first kappa shape index (κ1) is 24.7. The molecule has 4 rings (SSSR count). The van der Waals surface area contributed by atoms with Crippen molar-refractivity contribution in [2.75, 3.05) is 5.73 Å². The molecule has 182 valence electrons. The second-order valence-electron chi connectivity index (χ2n) is 7.92. The molecule has 1 atom stereocenters. The van der Waals surface area contributed by atoms with Gasteiger partial charge in [-0.25, -0.2) is 13.3 Å². The molecule has 35 heavy (non-hydrogen) atoms. The molecule has 4 aromatic rings. The Bertz CT molecular complexity index is 1370. The molecule has 0 radical (unpaired) electrons. The first-order valence-electron chi connectivity index (χ1n) is 10.6. The predicted octanol–water partition coefficient (Wildman–Crippen LogP) is 3.30. The third-order valence-electron chi connectivity index (χ3n) is 5.40. The van der Waals surface area contributed by atoms with Crippen LogP contribution in [0.4, 0.5) is 14.6 Å². The smallest absolute Gasteiger partial charge is 0.285 e. The van der Waals surface area contributed by atoms with E-state index in [4.69, 9.17) is 15.2 Å². The van der Waals surface area contributed by atoms with Gasteiger partial charge in [0.2, 0.25) is 0 Å². The summed E-state index contributed by atoms with van der Waals surface area (Å²) in [7, 11) is -4.90. The summed E-state index contributed by atoms with van der Waals surface area (Å²) in [5.41, 5.74) is 9.53. The Kier molecular flexibility index (Phi) is 7.37. The molecule has 2 aromatic carbocycles. The zero-order valence-corrected chi connectivity index (χ0v) is 19.3. The number of aryl methyl sites for hydroxylation is 2. The highest BCUT2D eigenvalue weighted by Crippen LogP contribution is 2.30. The van der Waals surface area contributed by atoms with Crippen molar-refractivity contribution in [1.82, 2.24) is 5.16 Å². The van der Waals surface area contributed by atoms with E-state index in [-0.39, 0.29) is 5.82 Å². The molecule has 0 fully saturated rings. The molecule has 0 aliphatic rings. The summed E-state index contributed by atoms with van der Waals surface area (Å²) in [6.45, 7) is -0.490. The number of halogens is 2. The first-order chi connectivity index (χ1) is 16.7. The molecular weight excluding hydrogens is 479 g/mol. The maximum Gasteiger partial charge on any atom is 0.285 e. The summed E-state index contributed by atoms with van der Waals surface area (Å²) < 4.78 is 49.1. The normalized spacial score (nSPS) is 13.0. The van der Waals surface area contributed by atoms with Gasteiger partial charge in [0.1, 0.15) is 17.2 Å². The second kappa shape index (κ2) is 10.5. The molecule has 1 unspecified atom stereocenters. The Morgan fingerprint density at radius 3 is 2.57 bits per heavy atom. The minimum atomic E-state index is -4.90. The van der Waals surface area contributed by atoms with Crippen molar-refractivity contribution in [2.24, 2.45) is 0 Å². The fourth-order valence-corrected chi connectivity index (χ4v) is 3.86. The summed E-state index contributed by atoms with van der Waals surface area (Å²) in [5.74, 6) is -0.319. The average molecular weight is 501 g/mol. The van der Waals surface area contributed by atoms with E-state index in [1.165, 1.54) is 16.8 Å². The van der Waals surface area contributed by atoms with Crippen LogP contribution in [0, 0.1) is 11.6 Å². The minimum Gasteiger partial charge on any atom is -0.756 e. The monoisotopic (exact) mass is 501 g/mol. The predicted molar refractivity (Wildman–Crippen MR) is 120 cm³/mol. The van der Waals surface area contributed by atoms with Crippen LogP contribution in [0.2, 0.25) is 0 Å². The van der Waals surface area contributed by atoms with Gasteiger partial charge in [0.15, 0.2) is 12.5 Å². The zero-order chi connectivity index (χ0) is 25.0. The number of anilines is 1. The Morgan fingerprint density at radius 2 is 1.83 bits per heavy atom. The quantitative estimate of drug-likeness (QED) is 0.266. The number of phosphoric ester groups is 1. The molecule has 0 spiro atoms. The largest absolute Gasteiger partial charge is 0.756 e. The van der Waals surface area contributed by atoms with Crippen LogP contribution in [0.15, 0.2) is 71.4 Å². The van der Waals surface area contributed by atoms with Gasteiger partial charge in [0, 0.05) is 12.5 Å². The number of phosphoric acid groups is 1. The van der Waals surface area contributed by atoms with Gasteiger partial charge in [0.05, 0.1) is 11.9 Å². The van der Waals surface area contributed by atoms with Crippen LogP contribution in [0.25, 0.3) is 11.3 Å². The number of nitrogens with zero attached hydrogens (tertiary/aromatic N) is 2. The summed E-state index contributed by atoms with van der Waals surface area (Å²) in [6, 6.07) is 16.2. The maximum atomic E-state index is 13.8. The molecule has 0 aliphatic heterocycles. The number of pyridine rings is 1. The van der Waals surface area contributed by atoms with Crippen molar-refractivity contribution in [2.45, 2.75) is 26.0 Å². The molecule has 11 heteroatoms. The van der Waals surface area contributed by atoms with Crippen molar-refractivity contribution >= 4 is 13.6 Å². The van der Waals surface area contributed by atoms with Gasteiger partial charge in [-0.2, -0.15) is 0 Å². The Morgan fingerprint density at radius 1 is 1.09 bits per heavy atom. The lowest BCUT2D eigenvalue weighted by atomic mass is 10.0. The maximum absolute atomic E-state index is 13.8. The van der Waals surface area contributed by atoms with Crippen molar-refractivity contribution in [3.8, 4) is 11.3 Å². The SMILES string of the molecule is Nc1c(-c2cc(Cc3ccc(CCc4cc(F)ccc4F)cc3)no2)ccc[n+]1COP(=O)([O-])O. The van der Waals surface area contributed by atoms with Gasteiger partial charge in [-0.05, 0) is 59.9 Å². The molecule has 2 heterocycles. The molecular formula is C24H22F2N3O5P. The minimum absolute atomic E-state index is 0.169. The fourth-order valence-electron chi connectivity index (χ4n) is 3.59. The zero-order valence-electron chi connectivity index (χ0n) is 18.4. The van der Waals surface area contributed by atoms with Crippen LogP contribution in [0.5, 0.6) is 0 Å². The number of rotatable bonds is 9. The van der Waals surface area contributed by atoms with Crippen molar-refractivity contribution < 1.29 is 36.7 Å². The summed E-state index contributed by atoms with van der Waals surface area (Å²) in [6.07, 6.45) is 2.95. The molecule has 0 amide bonds. The topological polar surface area (TPSA) is 126 Å². The van der Waals surface area contributed by atoms with E-state index in [1.54, 1.807) is 18.2 Å². The number of benzene rings is 2. The summed E-state index contributed by atoms with van der Waals surface area (Å²) in [5, 5.41) is 4.08. The third-order valence-corrected chi connectivity index (χ3v) is 5.84. The lowest BCUT2D eigenvalue weighted by Gasteiger charge is -2.14. The van der Waals surface area contributed by atoms with E-state index in [1.807, 2.05) is 24.3 Å². The van der Waals surface area contributed by atoms with E-state index in [0.29, 0.717) is 41.8 Å². The van der Waals surface area contributed by atoms with Gasteiger partial charge in [-0.3, -0.25) is 14.8 Å². The highest BCUT2D eigenvalue weighted by molar-refractivity contribution is 7.44. The van der Waals surface area contributed by atoms with E-state index >= 15 is 0 Å². The van der Waals surface area contributed by atoms with Gasteiger partial charge in [-0.1, -0.05) is 29.4 Å². The molecule has 0 saturated carbocycles. The molecule has 8 nitrogen and oxygen atoms in total. The molecule has 2 aromatic heterocycles. The number of nitrogens with two attached hydrogens (primary N) is 1. The van der Waals surface area contributed by atoms with Crippen molar-refractivity contribution in [1.29, 1.82) is 0 Å². The number of hydrogen-bond donors (Lipinski definition) is 2. The van der Waals surface area contributed by atoms with Gasteiger partial charge in [0.25, 0.3) is 13.6 Å². The average Bonchev–Trinajstić information content (AvgIpc) is 3.27. The molecule has 0 saturated heterocycles. The number of nitrogen functional groups attached to an aromatic ring is 1. The van der Waals surface area contributed by atoms with Crippen LogP contribution < -0.4 is 15.2 Å². The standard InChI is InChI=1S/C24H22F2N3O5P/c25-19-9-10-22(26)18(13-19)8-7-16-3-5-17(6-4-16)12-20-14-23(34-28-20)21-2-1-11-29(24(21)27)15-33-35(30,31)32/h1-6,9-11,13-14,27H,7-8,12,15H2,(H2,30,31,32). The van der Waals surface area contributed by atoms with Crippen LogP contribution in [-0.4, -0.2) is 10.1 Å². The third kappa shape index (κ3) is 6.58. The van der Waals surface area contributed by atoms with Crippen molar-refractivity contribution in [3.63, 3.8) is 0 Å². The van der Waals surface area contributed by atoms with E-state index < -0.39 is 26.2 Å². The molecule has 0 aliphatic carbocycles. The van der Waals surface area contributed by atoms with Crippen LogP contribution in [-0.2, 0) is 35.1 Å².